The first kappa shape index (κ1) is 13.9. The maximum atomic E-state index is 12.5. The van der Waals surface area contributed by atoms with E-state index in [1.807, 2.05) is 41.3 Å². The van der Waals surface area contributed by atoms with Crippen LogP contribution in [0.15, 0.2) is 42.6 Å². The van der Waals surface area contributed by atoms with Gasteiger partial charge in [-0.3, -0.25) is 9.89 Å². The fourth-order valence-electron chi connectivity index (χ4n) is 2.80. The normalized spacial score (nSPS) is 15.0. The molecule has 1 aromatic carbocycles. The Bertz CT molecular complexity index is 835. The predicted octanol–water partition coefficient (Wildman–Crippen LogP) is 2.10. The Morgan fingerprint density at radius 3 is 2.70 bits per heavy atom. The number of morpholine rings is 1. The summed E-state index contributed by atoms with van der Waals surface area (Å²) < 4.78 is 5.28. The number of amides is 1. The molecule has 4 rings (SSSR count). The van der Waals surface area contributed by atoms with Gasteiger partial charge < -0.3 is 9.64 Å². The second kappa shape index (κ2) is 5.81. The van der Waals surface area contributed by atoms with Crippen molar-refractivity contribution < 1.29 is 9.53 Å². The fourth-order valence-corrected chi connectivity index (χ4v) is 2.80. The minimum Gasteiger partial charge on any atom is -0.378 e. The number of nitrogens with one attached hydrogen (secondary N) is 1. The van der Waals surface area contributed by atoms with Crippen LogP contribution in [-0.2, 0) is 4.74 Å². The van der Waals surface area contributed by atoms with Crippen molar-refractivity contribution in [3.63, 3.8) is 0 Å². The maximum absolute atomic E-state index is 12.5. The zero-order valence-electron chi connectivity index (χ0n) is 12.5. The standard InChI is InChI=1S/C17H16N4O2/c22-17(21-8-10-23-11-9-21)13-5-3-12(4-6-13)15-14-2-1-7-18-16(14)20-19-15/h1-7H,8-11H2,(H,18,19,20). The minimum atomic E-state index is 0.0518. The first-order valence-corrected chi connectivity index (χ1v) is 7.59. The zero-order chi connectivity index (χ0) is 15.6. The van der Waals surface area contributed by atoms with E-state index in [4.69, 9.17) is 4.74 Å². The van der Waals surface area contributed by atoms with E-state index in [0.29, 0.717) is 37.5 Å². The average molecular weight is 308 g/mol. The molecule has 1 aliphatic rings. The molecule has 2 aromatic heterocycles. The third-order valence-corrected chi connectivity index (χ3v) is 4.05. The van der Waals surface area contributed by atoms with Gasteiger partial charge in [-0.25, -0.2) is 4.98 Å². The zero-order valence-corrected chi connectivity index (χ0v) is 12.5. The van der Waals surface area contributed by atoms with Crippen molar-refractivity contribution in [1.29, 1.82) is 0 Å². The smallest absolute Gasteiger partial charge is 0.254 e. The molecule has 0 bridgehead atoms. The minimum absolute atomic E-state index is 0.0518. The van der Waals surface area contributed by atoms with Crippen LogP contribution in [0.5, 0.6) is 0 Å². The Hall–Kier alpha value is -2.73. The number of carbonyl (C=O) groups excluding carboxylic acids is 1. The Labute approximate surface area is 133 Å². The molecule has 0 radical (unpaired) electrons. The van der Waals surface area contributed by atoms with E-state index < -0.39 is 0 Å². The number of pyridine rings is 1. The van der Waals surface area contributed by atoms with Gasteiger partial charge in [0.25, 0.3) is 5.91 Å². The summed E-state index contributed by atoms with van der Waals surface area (Å²) in [6.45, 7) is 2.52. The molecule has 1 aliphatic heterocycles. The number of hydrogen-bond acceptors (Lipinski definition) is 4. The molecule has 1 N–H and O–H groups in total. The van der Waals surface area contributed by atoms with Crippen molar-refractivity contribution in [3.8, 4) is 11.3 Å². The number of aromatic amines is 1. The predicted molar refractivity (Wildman–Crippen MR) is 86.0 cm³/mol. The average Bonchev–Trinajstić information content (AvgIpc) is 3.06. The summed E-state index contributed by atoms with van der Waals surface area (Å²) in [7, 11) is 0. The number of ether oxygens (including phenoxy) is 1. The van der Waals surface area contributed by atoms with Gasteiger partial charge in [-0.1, -0.05) is 12.1 Å². The summed E-state index contributed by atoms with van der Waals surface area (Å²) in [5, 5.41) is 8.19. The van der Waals surface area contributed by atoms with Gasteiger partial charge in [-0.05, 0) is 24.3 Å². The summed E-state index contributed by atoms with van der Waals surface area (Å²) in [5.74, 6) is 0.0518. The van der Waals surface area contributed by atoms with E-state index in [9.17, 15) is 4.79 Å². The third kappa shape index (κ3) is 2.57. The van der Waals surface area contributed by atoms with Crippen LogP contribution >= 0.6 is 0 Å². The van der Waals surface area contributed by atoms with Gasteiger partial charge in [0, 0.05) is 35.8 Å². The molecule has 1 fully saturated rings. The lowest BCUT2D eigenvalue weighted by Gasteiger charge is -2.26. The van der Waals surface area contributed by atoms with Gasteiger partial charge in [-0.15, -0.1) is 0 Å². The maximum Gasteiger partial charge on any atom is 0.254 e. The van der Waals surface area contributed by atoms with Gasteiger partial charge in [0.1, 0.15) is 0 Å². The Balaban J connectivity index is 1.61. The Morgan fingerprint density at radius 2 is 1.91 bits per heavy atom. The van der Waals surface area contributed by atoms with Crippen LogP contribution in [0, 0.1) is 0 Å². The molecule has 6 heteroatoms. The van der Waals surface area contributed by atoms with Crippen molar-refractivity contribution in [2.24, 2.45) is 0 Å². The van der Waals surface area contributed by atoms with Crippen LogP contribution in [0.1, 0.15) is 10.4 Å². The van der Waals surface area contributed by atoms with Gasteiger partial charge in [-0.2, -0.15) is 5.10 Å². The largest absolute Gasteiger partial charge is 0.378 e. The van der Waals surface area contributed by atoms with Crippen molar-refractivity contribution in [1.82, 2.24) is 20.1 Å². The summed E-state index contributed by atoms with van der Waals surface area (Å²) in [6.07, 6.45) is 1.72. The van der Waals surface area contributed by atoms with E-state index >= 15 is 0 Å². The molecule has 116 valence electrons. The highest BCUT2D eigenvalue weighted by atomic mass is 16.5. The molecule has 0 spiro atoms. The first-order valence-electron chi connectivity index (χ1n) is 7.59. The lowest BCUT2D eigenvalue weighted by molar-refractivity contribution is 0.0303. The number of fused-ring (bicyclic) bond motifs is 1. The summed E-state index contributed by atoms with van der Waals surface area (Å²) >= 11 is 0. The van der Waals surface area contributed by atoms with E-state index in [0.717, 1.165) is 16.6 Å². The van der Waals surface area contributed by atoms with Gasteiger partial charge in [0.15, 0.2) is 5.65 Å². The fraction of sp³-hybridized carbons (Fsp3) is 0.235. The first-order chi connectivity index (χ1) is 11.3. The van der Waals surface area contributed by atoms with Crippen LogP contribution in [0.4, 0.5) is 0 Å². The van der Waals surface area contributed by atoms with E-state index in [1.54, 1.807) is 6.20 Å². The van der Waals surface area contributed by atoms with Crippen LogP contribution in [-0.4, -0.2) is 52.3 Å². The third-order valence-electron chi connectivity index (χ3n) is 4.05. The van der Waals surface area contributed by atoms with Crippen LogP contribution in [0.3, 0.4) is 0 Å². The molecular formula is C17H16N4O2. The quantitative estimate of drug-likeness (QED) is 0.787. The Kier molecular flexibility index (Phi) is 3.51. The molecule has 0 unspecified atom stereocenters. The number of carbonyl (C=O) groups is 1. The number of benzene rings is 1. The van der Waals surface area contributed by atoms with Crippen molar-refractivity contribution in [3.05, 3.63) is 48.2 Å². The second-order valence-electron chi connectivity index (χ2n) is 5.46. The summed E-state index contributed by atoms with van der Waals surface area (Å²) in [6, 6.07) is 11.5. The van der Waals surface area contributed by atoms with Gasteiger partial charge in [0.05, 0.1) is 18.9 Å². The molecule has 3 heterocycles. The highest BCUT2D eigenvalue weighted by molar-refractivity contribution is 5.96. The van der Waals surface area contributed by atoms with Gasteiger partial charge in [0.2, 0.25) is 0 Å². The Morgan fingerprint density at radius 1 is 1.13 bits per heavy atom. The monoisotopic (exact) mass is 308 g/mol. The number of H-pyrrole nitrogens is 1. The lowest BCUT2D eigenvalue weighted by atomic mass is 10.1. The molecule has 1 saturated heterocycles. The molecule has 6 nitrogen and oxygen atoms in total. The van der Waals surface area contributed by atoms with Crippen LogP contribution in [0.2, 0.25) is 0 Å². The van der Waals surface area contributed by atoms with Crippen molar-refractivity contribution in [2.75, 3.05) is 26.3 Å². The number of nitrogens with zero attached hydrogens (tertiary/aromatic N) is 3. The van der Waals surface area contributed by atoms with E-state index in [1.165, 1.54) is 0 Å². The number of aromatic nitrogens is 3. The highest BCUT2D eigenvalue weighted by Gasteiger charge is 2.18. The topological polar surface area (TPSA) is 71.1 Å². The van der Waals surface area contributed by atoms with Crippen LogP contribution in [0.25, 0.3) is 22.3 Å². The number of rotatable bonds is 2. The molecule has 0 saturated carbocycles. The van der Waals surface area contributed by atoms with E-state index in [2.05, 4.69) is 15.2 Å². The molecule has 3 aromatic rings. The van der Waals surface area contributed by atoms with Crippen molar-refractivity contribution in [2.45, 2.75) is 0 Å². The summed E-state index contributed by atoms with van der Waals surface area (Å²) in [5.41, 5.74) is 3.28. The molecule has 0 atom stereocenters. The lowest BCUT2D eigenvalue weighted by Crippen LogP contribution is -2.40. The molecule has 0 aliphatic carbocycles. The summed E-state index contributed by atoms with van der Waals surface area (Å²) in [4.78, 5) is 18.5. The van der Waals surface area contributed by atoms with Gasteiger partial charge >= 0.3 is 0 Å². The number of hydrogen-bond donors (Lipinski definition) is 1. The van der Waals surface area contributed by atoms with E-state index in [-0.39, 0.29) is 5.91 Å². The second-order valence-corrected chi connectivity index (χ2v) is 5.46. The molecular weight excluding hydrogens is 292 g/mol. The highest BCUT2D eigenvalue weighted by Crippen LogP contribution is 2.25. The van der Waals surface area contributed by atoms with Crippen molar-refractivity contribution >= 4 is 16.9 Å². The SMILES string of the molecule is O=C(c1ccc(-c2[nH]nc3ncccc23)cc1)N1CCOCC1. The molecule has 1 amide bonds. The van der Waals surface area contributed by atoms with Crippen LogP contribution < -0.4 is 0 Å². The molecule has 23 heavy (non-hydrogen) atoms.